The number of anilines is 1. The van der Waals surface area contributed by atoms with Crippen molar-refractivity contribution in [2.24, 2.45) is 16.8 Å². The number of rotatable bonds is 4. The van der Waals surface area contributed by atoms with Crippen molar-refractivity contribution < 1.29 is 9.60 Å². The van der Waals surface area contributed by atoms with Gasteiger partial charge in [-0.1, -0.05) is 24.2 Å². The lowest BCUT2D eigenvalue weighted by molar-refractivity contribution is 0.315. The SMILES string of the molecule is Cc1cccc(F)c1NCC(C)/C(N)=N/O. The maximum absolute atomic E-state index is 13.4. The Morgan fingerprint density at radius 2 is 2.31 bits per heavy atom. The fraction of sp³-hybridized carbons (Fsp3) is 0.364. The lowest BCUT2D eigenvalue weighted by Crippen LogP contribution is -2.27. The maximum Gasteiger partial charge on any atom is 0.146 e. The quantitative estimate of drug-likeness (QED) is 0.317. The number of oxime groups is 1. The molecule has 16 heavy (non-hydrogen) atoms. The Labute approximate surface area is 94.0 Å². The number of aryl methyl sites for hydroxylation is 1. The molecule has 88 valence electrons. The zero-order valence-electron chi connectivity index (χ0n) is 9.37. The van der Waals surface area contributed by atoms with Crippen molar-refractivity contribution in [3.63, 3.8) is 0 Å². The number of nitrogens with one attached hydrogen (secondary N) is 1. The second-order valence-electron chi connectivity index (χ2n) is 3.74. The van der Waals surface area contributed by atoms with Crippen LogP contribution in [0.2, 0.25) is 0 Å². The van der Waals surface area contributed by atoms with Crippen molar-refractivity contribution in [3.8, 4) is 0 Å². The van der Waals surface area contributed by atoms with E-state index >= 15 is 0 Å². The first-order valence-electron chi connectivity index (χ1n) is 5.02. The van der Waals surface area contributed by atoms with Gasteiger partial charge < -0.3 is 16.3 Å². The van der Waals surface area contributed by atoms with E-state index in [1.54, 1.807) is 13.0 Å². The smallest absolute Gasteiger partial charge is 0.146 e. The predicted molar refractivity (Wildman–Crippen MR) is 62.2 cm³/mol. The molecule has 1 unspecified atom stereocenters. The van der Waals surface area contributed by atoms with Gasteiger partial charge in [0.25, 0.3) is 0 Å². The summed E-state index contributed by atoms with van der Waals surface area (Å²) < 4.78 is 13.4. The van der Waals surface area contributed by atoms with Gasteiger partial charge in [0.05, 0.1) is 5.69 Å². The fourth-order valence-corrected chi connectivity index (χ4v) is 1.31. The standard InChI is InChI=1S/C11H16FN3O/c1-7-4-3-5-9(12)10(7)14-6-8(2)11(13)15-16/h3-5,8,14,16H,6H2,1-2H3,(H2,13,15). The number of nitrogens with two attached hydrogens (primary N) is 1. The minimum atomic E-state index is -0.299. The number of benzene rings is 1. The third kappa shape index (κ3) is 2.85. The monoisotopic (exact) mass is 225 g/mol. The largest absolute Gasteiger partial charge is 0.409 e. The summed E-state index contributed by atoms with van der Waals surface area (Å²) in [7, 11) is 0. The van der Waals surface area contributed by atoms with Crippen LogP contribution in [-0.4, -0.2) is 17.6 Å². The normalized spacial score (nSPS) is 13.6. The molecule has 0 bridgehead atoms. The van der Waals surface area contributed by atoms with E-state index in [0.717, 1.165) is 5.56 Å². The third-order valence-electron chi connectivity index (χ3n) is 2.43. The van der Waals surface area contributed by atoms with E-state index < -0.39 is 0 Å². The van der Waals surface area contributed by atoms with Crippen LogP contribution in [0.5, 0.6) is 0 Å². The molecule has 0 fully saturated rings. The highest BCUT2D eigenvalue weighted by molar-refractivity contribution is 5.82. The van der Waals surface area contributed by atoms with Gasteiger partial charge in [-0.05, 0) is 18.6 Å². The molecule has 0 saturated carbocycles. The molecule has 5 heteroatoms. The van der Waals surface area contributed by atoms with Crippen molar-refractivity contribution in [1.29, 1.82) is 0 Å². The molecule has 0 aromatic heterocycles. The van der Waals surface area contributed by atoms with Gasteiger partial charge in [-0.2, -0.15) is 0 Å². The van der Waals surface area contributed by atoms with Crippen LogP contribution in [0.4, 0.5) is 10.1 Å². The van der Waals surface area contributed by atoms with Crippen LogP contribution in [0.3, 0.4) is 0 Å². The van der Waals surface area contributed by atoms with Crippen LogP contribution in [-0.2, 0) is 0 Å². The molecule has 1 aromatic carbocycles. The van der Waals surface area contributed by atoms with Crippen LogP contribution in [0.25, 0.3) is 0 Å². The van der Waals surface area contributed by atoms with Crippen LogP contribution in [0, 0.1) is 18.7 Å². The van der Waals surface area contributed by atoms with Gasteiger partial charge in [0.15, 0.2) is 0 Å². The summed E-state index contributed by atoms with van der Waals surface area (Å²) >= 11 is 0. The second kappa shape index (κ2) is 5.34. The summed E-state index contributed by atoms with van der Waals surface area (Å²) in [6.45, 7) is 4.02. The number of halogens is 1. The fourth-order valence-electron chi connectivity index (χ4n) is 1.31. The summed E-state index contributed by atoms with van der Waals surface area (Å²) in [5, 5.41) is 14.3. The summed E-state index contributed by atoms with van der Waals surface area (Å²) in [6.07, 6.45) is 0. The molecule has 1 aromatic rings. The van der Waals surface area contributed by atoms with Gasteiger partial charge in [0.2, 0.25) is 0 Å². The Balaban J connectivity index is 2.68. The minimum absolute atomic E-state index is 0.126. The molecule has 0 saturated heterocycles. The summed E-state index contributed by atoms with van der Waals surface area (Å²) in [5.41, 5.74) is 6.71. The molecule has 0 spiro atoms. The van der Waals surface area contributed by atoms with Crippen LogP contribution in [0.1, 0.15) is 12.5 Å². The summed E-state index contributed by atoms with van der Waals surface area (Å²) in [6, 6.07) is 4.87. The van der Waals surface area contributed by atoms with Crippen molar-refractivity contribution in [3.05, 3.63) is 29.6 Å². The summed E-state index contributed by atoms with van der Waals surface area (Å²) in [5.74, 6) is -0.336. The van der Waals surface area contributed by atoms with E-state index in [1.807, 2.05) is 13.0 Å². The highest BCUT2D eigenvalue weighted by atomic mass is 19.1. The number of hydrogen-bond acceptors (Lipinski definition) is 3. The van der Waals surface area contributed by atoms with Crippen molar-refractivity contribution >= 4 is 11.5 Å². The zero-order valence-corrected chi connectivity index (χ0v) is 9.37. The number of para-hydroxylation sites is 1. The third-order valence-corrected chi connectivity index (χ3v) is 2.43. The Hall–Kier alpha value is -1.78. The Bertz CT molecular complexity index is 373. The molecular formula is C11H16FN3O. The van der Waals surface area contributed by atoms with Crippen molar-refractivity contribution in [2.45, 2.75) is 13.8 Å². The first kappa shape index (κ1) is 12.3. The highest BCUT2D eigenvalue weighted by Crippen LogP contribution is 2.18. The first-order valence-corrected chi connectivity index (χ1v) is 5.02. The van der Waals surface area contributed by atoms with Crippen molar-refractivity contribution in [2.75, 3.05) is 11.9 Å². The minimum Gasteiger partial charge on any atom is -0.409 e. The molecule has 0 aliphatic rings. The molecule has 4 N–H and O–H groups in total. The van der Waals surface area contributed by atoms with E-state index in [1.165, 1.54) is 6.07 Å². The van der Waals surface area contributed by atoms with Crippen molar-refractivity contribution in [1.82, 2.24) is 0 Å². The van der Waals surface area contributed by atoms with Gasteiger partial charge in [-0.3, -0.25) is 0 Å². The van der Waals surface area contributed by atoms with Gasteiger partial charge in [0, 0.05) is 12.5 Å². The maximum atomic E-state index is 13.4. The molecular weight excluding hydrogens is 209 g/mol. The molecule has 0 amide bonds. The van der Waals surface area contributed by atoms with Crippen LogP contribution in [0.15, 0.2) is 23.4 Å². The lowest BCUT2D eigenvalue weighted by atomic mass is 10.1. The van der Waals surface area contributed by atoms with E-state index in [4.69, 9.17) is 10.9 Å². The topological polar surface area (TPSA) is 70.6 Å². The van der Waals surface area contributed by atoms with Gasteiger partial charge in [0.1, 0.15) is 11.7 Å². The lowest BCUT2D eigenvalue weighted by Gasteiger charge is -2.14. The van der Waals surface area contributed by atoms with Crippen LogP contribution < -0.4 is 11.1 Å². The van der Waals surface area contributed by atoms with Crippen LogP contribution >= 0.6 is 0 Å². The molecule has 0 heterocycles. The van der Waals surface area contributed by atoms with E-state index in [9.17, 15) is 4.39 Å². The number of nitrogens with zero attached hydrogens (tertiary/aromatic N) is 1. The van der Waals surface area contributed by atoms with Gasteiger partial charge >= 0.3 is 0 Å². The van der Waals surface area contributed by atoms with E-state index in [-0.39, 0.29) is 17.6 Å². The molecule has 1 rings (SSSR count). The van der Waals surface area contributed by atoms with Gasteiger partial charge in [-0.15, -0.1) is 0 Å². The predicted octanol–water partition coefficient (Wildman–Crippen LogP) is 1.93. The second-order valence-corrected chi connectivity index (χ2v) is 3.74. The molecule has 0 radical (unpaired) electrons. The molecule has 4 nitrogen and oxygen atoms in total. The molecule has 1 atom stereocenters. The zero-order chi connectivity index (χ0) is 12.1. The molecule has 0 aliphatic carbocycles. The highest BCUT2D eigenvalue weighted by Gasteiger charge is 2.10. The first-order chi connectivity index (χ1) is 7.56. The van der Waals surface area contributed by atoms with E-state index in [2.05, 4.69) is 10.5 Å². The number of amidine groups is 1. The number of hydrogen-bond donors (Lipinski definition) is 3. The van der Waals surface area contributed by atoms with E-state index in [0.29, 0.717) is 12.2 Å². The molecule has 0 aliphatic heterocycles. The van der Waals surface area contributed by atoms with Gasteiger partial charge in [-0.25, -0.2) is 4.39 Å². The Kier molecular flexibility index (Phi) is 4.10. The average Bonchev–Trinajstić information content (AvgIpc) is 2.27. The Morgan fingerprint density at radius 1 is 1.62 bits per heavy atom. The Morgan fingerprint density at radius 3 is 2.88 bits per heavy atom. The summed E-state index contributed by atoms with van der Waals surface area (Å²) in [4.78, 5) is 0. The average molecular weight is 225 g/mol.